The van der Waals surface area contributed by atoms with Crippen LogP contribution in [-0.2, 0) is 11.3 Å². The number of anilines is 2. The van der Waals surface area contributed by atoms with E-state index >= 15 is 0 Å². The third-order valence-electron chi connectivity index (χ3n) is 4.92. The first-order valence-electron chi connectivity index (χ1n) is 10.2. The lowest BCUT2D eigenvalue weighted by Crippen LogP contribution is -2.49. The first-order chi connectivity index (χ1) is 13.7. The molecule has 0 aliphatic carbocycles. The van der Waals surface area contributed by atoms with E-state index < -0.39 is 0 Å². The summed E-state index contributed by atoms with van der Waals surface area (Å²) >= 11 is 0. The highest BCUT2D eigenvalue weighted by molar-refractivity contribution is 5.94. The largest absolute Gasteiger partial charge is 0.326 e. The minimum absolute atomic E-state index is 0.00336. The van der Waals surface area contributed by atoms with Gasteiger partial charge in [0.05, 0.1) is 0 Å². The van der Waals surface area contributed by atoms with Gasteiger partial charge in [0, 0.05) is 37.4 Å². The van der Waals surface area contributed by atoms with Gasteiger partial charge in [0.15, 0.2) is 0 Å². The summed E-state index contributed by atoms with van der Waals surface area (Å²) in [5.41, 5.74) is 3.91. The number of nitrogens with zero attached hydrogens (tertiary/aromatic N) is 2. The van der Waals surface area contributed by atoms with Gasteiger partial charge in [-0.3, -0.25) is 9.69 Å². The van der Waals surface area contributed by atoms with Crippen LogP contribution in [0.2, 0.25) is 0 Å². The zero-order valence-corrected chi connectivity index (χ0v) is 17.9. The van der Waals surface area contributed by atoms with Crippen molar-refractivity contribution >= 4 is 23.3 Å². The van der Waals surface area contributed by atoms with Crippen LogP contribution in [0.1, 0.15) is 44.7 Å². The Kier molecular flexibility index (Phi) is 6.26. The molecule has 1 aliphatic heterocycles. The number of rotatable bonds is 5. The van der Waals surface area contributed by atoms with Gasteiger partial charge in [0.25, 0.3) is 0 Å². The van der Waals surface area contributed by atoms with Gasteiger partial charge in [-0.05, 0) is 48.6 Å². The summed E-state index contributed by atoms with van der Waals surface area (Å²) in [5, 5.41) is 2.93. The second-order valence-corrected chi connectivity index (χ2v) is 9.03. The van der Waals surface area contributed by atoms with Crippen LogP contribution < -0.4 is 10.2 Å². The van der Waals surface area contributed by atoms with E-state index in [9.17, 15) is 9.59 Å². The van der Waals surface area contributed by atoms with E-state index in [-0.39, 0.29) is 17.4 Å². The first-order valence-corrected chi connectivity index (χ1v) is 10.2. The Labute approximate surface area is 173 Å². The van der Waals surface area contributed by atoms with Crippen molar-refractivity contribution in [2.75, 3.05) is 23.3 Å². The van der Waals surface area contributed by atoms with E-state index in [1.807, 2.05) is 60.9 Å². The van der Waals surface area contributed by atoms with Crippen LogP contribution in [0.15, 0.2) is 48.5 Å². The molecule has 2 aromatic carbocycles. The van der Waals surface area contributed by atoms with E-state index in [1.165, 1.54) is 5.56 Å². The summed E-state index contributed by atoms with van der Waals surface area (Å²) in [6, 6.07) is 15.9. The second kappa shape index (κ2) is 8.68. The minimum Gasteiger partial charge on any atom is -0.326 e. The summed E-state index contributed by atoms with van der Waals surface area (Å²) in [6.07, 6.45) is 1.40. The Morgan fingerprint density at radius 2 is 1.79 bits per heavy atom. The minimum atomic E-state index is -0.0506. The number of aryl methyl sites for hydroxylation is 1. The molecule has 0 spiro atoms. The van der Waals surface area contributed by atoms with Crippen molar-refractivity contribution < 1.29 is 9.59 Å². The number of nitrogens with one attached hydrogen (secondary N) is 1. The van der Waals surface area contributed by atoms with E-state index in [4.69, 9.17) is 0 Å². The fourth-order valence-electron chi connectivity index (χ4n) is 3.61. The molecule has 3 rings (SSSR count). The van der Waals surface area contributed by atoms with Gasteiger partial charge < -0.3 is 10.2 Å². The van der Waals surface area contributed by atoms with Crippen LogP contribution in [0.5, 0.6) is 0 Å². The lowest BCUT2D eigenvalue weighted by Gasteiger charge is -2.35. The smallest absolute Gasteiger partial charge is 0.324 e. The number of amides is 3. The second-order valence-electron chi connectivity index (χ2n) is 9.03. The monoisotopic (exact) mass is 393 g/mol. The zero-order chi connectivity index (χ0) is 21.0. The van der Waals surface area contributed by atoms with Crippen LogP contribution in [0.3, 0.4) is 0 Å². The lowest BCUT2D eigenvalue weighted by molar-refractivity contribution is -0.117. The van der Waals surface area contributed by atoms with E-state index in [0.29, 0.717) is 19.5 Å². The van der Waals surface area contributed by atoms with Gasteiger partial charge in [-0.25, -0.2) is 4.79 Å². The van der Waals surface area contributed by atoms with Crippen molar-refractivity contribution in [1.29, 1.82) is 0 Å². The van der Waals surface area contributed by atoms with Crippen LogP contribution in [-0.4, -0.2) is 29.9 Å². The van der Waals surface area contributed by atoms with Crippen molar-refractivity contribution in [3.8, 4) is 0 Å². The van der Waals surface area contributed by atoms with Gasteiger partial charge in [0.1, 0.15) is 0 Å². The molecular weight excluding hydrogens is 362 g/mol. The molecule has 0 atom stereocenters. The molecular formula is C24H31N3O2. The van der Waals surface area contributed by atoms with Crippen molar-refractivity contribution in [2.24, 2.45) is 5.41 Å². The molecule has 1 aliphatic rings. The molecule has 5 nitrogen and oxygen atoms in total. The summed E-state index contributed by atoms with van der Waals surface area (Å²) in [5.74, 6) is 0.00336. The molecule has 3 amide bonds. The molecule has 29 heavy (non-hydrogen) atoms. The maximum absolute atomic E-state index is 13.0. The predicted molar refractivity (Wildman–Crippen MR) is 118 cm³/mol. The number of hydrogen-bond donors (Lipinski definition) is 1. The van der Waals surface area contributed by atoms with Crippen molar-refractivity contribution in [3.05, 3.63) is 59.7 Å². The Balaban J connectivity index is 1.65. The molecule has 0 unspecified atom stereocenters. The Bertz CT molecular complexity index is 868. The number of carbonyl (C=O) groups excluding carboxylic acids is 2. The van der Waals surface area contributed by atoms with Gasteiger partial charge in [-0.2, -0.15) is 0 Å². The molecule has 1 heterocycles. The maximum atomic E-state index is 13.0. The van der Waals surface area contributed by atoms with Crippen molar-refractivity contribution in [3.63, 3.8) is 0 Å². The molecule has 0 aromatic heterocycles. The van der Waals surface area contributed by atoms with E-state index in [0.717, 1.165) is 29.9 Å². The normalized spacial score (nSPS) is 14.8. The molecule has 5 heteroatoms. The van der Waals surface area contributed by atoms with Crippen LogP contribution in [0.4, 0.5) is 16.2 Å². The highest BCUT2D eigenvalue weighted by Crippen LogP contribution is 2.24. The zero-order valence-electron chi connectivity index (χ0n) is 17.9. The number of carbonyl (C=O) groups is 2. The number of urea groups is 1. The number of benzene rings is 2. The third-order valence-corrected chi connectivity index (χ3v) is 4.92. The number of hydrogen-bond acceptors (Lipinski definition) is 2. The summed E-state index contributed by atoms with van der Waals surface area (Å²) in [7, 11) is 0. The van der Waals surface area contributed by atoms with Gasteiger partial charge in [-0.15, -0.1) is 0 Å². The molecule has 154 valence electrons. The van der Waals surface area contributed by atoms with E-state index in [2.05, 4.69) is 30.4 Å². The molecule has 0 bridgehead atoms. The molecule has 0 radical (unpaired) electrons. The Morgan fingerprint density at radius 1 is 1.07 bits per heavy atom. The molecule has 2 aromatic rings. The van der Waals surface area contributed by atoms with Gasteiger partial charge in [-0.1, -0.05) is 50.6 Å². The fourth-order valence-corrected chi connectivity index (χ4v) is 3.61. The van der Waals surface area contributed by atoms with Gasteiger partial charge >= 0.3 is 6.03 Å². The maximum Gasteiger partial charge on any atom is 0.324 e. The molecule has 1 N–H and O–H groups in total. The Morgan fingerprint density at radius 3 is 2.45 bits per heavy atom. The quantitative estimate of drug-likeness (QED) is 0.759. The first kappa shape index (κ1) is 20.9. The lowest BCUT2D eigenvalue weighted by atomic mass is 9.92. The van der Waals surface area contributed by atoms with Crippen molar-refractivity contribution in [1.82, 2.24) is 4.90 Å². The van der Waals surface area contributed by atoms with Gasteiger partial charge in [0.2, 0.25) is 5.91 Å². The van der Waals surface area contributed by atoms with Crippen molar-refractivity contribution in [2.45, 2.75) is 47.1 Å². The topological polar surface area (TPSA) is 52.6 Å². The summed E-state index contributed by atoms with van der Waals surface area (Å²) in [4.78, 5) is 28.9. The molecule has 1 saturated heterocycles. The highest BCUT2D eigenvalue weighted by atomic mass is 16.2. The van der Waals surface area contributed by atoms with Crippen LogP contribution in [0, 0.1) is 12.3 Å². The predicted octanol–water partition coefficient (Wildman–Crippen LogP) is 5.20. The third kappa shape index (κ3) is 5.83. The van der Waals surface area contributed by atoms with E-state index in [1.54, 1.807) is 0 Å². The molecule has 0 saturated carbocycles. The fraction of sp³-hybridized carbons (Fsp3) is 0.417. The average Bonchev–Trinajstić information content (AvgIpc) is 2.63. The average molecular weight is 394 g/mol. The Hall–Kier alpha value is -2.82. The SMILES string of the molecule is Cc1cccc(CN2CCCN(c3ccc(NC(=O)CC(C)(C)C)cc3)C2=O)c1. The molecule has 1 fully saturated rings. The van der Waals surface area contributed by atoms with Crippen LogP contribution >= 0.6 is 0 Å². The summed E-state index contributed by atoms with van der Waals surface area (Å²) < 4.78 is 0. The highest BCUT2D eigenvalue weighted by Gasteiger charge is 2.26. The van der Waals surface area contributed by atoms with Crippen LogP contribution in [0.25, 0.3) is 0 Å². The standard InChI is InChI=1S/C24H31N3O2/c1-18-7-5-8-19(15-18)17-26-13-6-14-27(23(26)29)21-11-9-20(10-12-21)25-22(28)16-24(2,3)4/h5,7-12,15H,6,13-14,16-17H2,1-4H3,(H,25,28). The summed E-state index contributed by atoms with van der Waals surface area (Å²) in [6.45, 7) is 10.3.